The SMILES string of the molecule is CCC1CCCC(C(=O)NC)C1NCOC. The minimum absolute atomic E-state index is 0.0962. The minimum Gasteiger partial charge on any atom is -0.370 e. The van der Waals surface area contributed by atoms with Gasteiger partial charge < -0.3 is 10.1 Å². The monoisotopic (exact) mass is 228 g/mol. The van der Waals surface area contributed by atoms with E-state index in [1.165, 1.54) is 6.42 Å². The van der Waals surface area contributed by atoms with Crippen LogP contribution in [0.1, 0.15) is 32.6 Å². The lowest BCUT2D eigenvalue weighted by Gasteiger charge is -2.37. The molecule has 4 nitrogen and oxygen atoms in total. The second-order valence-electron chi connectivity index (χ2n) is 4.48. The molecular weight excluding hydrogens is 204 g/mol. The van der Waals surface area contributed by atoms with Gasteiger partial charge in [0.05, 0.1) is 12.6 Å². The Balaban J connectivity index is 2.66. The molecule has 16 heavy (non-hydrogen) atoms. The molecule has 0 heterocycles. The summed E-state index contributed by atoms with van der Waals surface area (Å²) in [5.74, 6) is 0.844. The molecule has 1 aliphatic rings. The van der Waals surface area contributed by atoms with E-state index in [0.717, 1.165) is 19.3 Å². The zero-order valence-electron chi connectivity index (χ0n) is 10.6. The van der Waals surface area contributed by atoms with Crippen molar-refractivity contribution in [1.29, 1.82) is 0 Å². The average Bonchev–Trinajstić information content (AvgIpc) is 2.34. The predicted molar refractivity (Wildman–Crippen MR) is 64.0 cm³/mol. The van der Waals surface area contributed by atoms with Crippen LogP contribution in [-0.4, -0.2) is 32.8 Å². The first-order valence-electron chi connectivity index (χ1n) is 6.18. The fourth-order valence-electron chi connectivity index (χ4n) is 2.71. The average molecular weight is 228 g/mol. The maximum absolute atomic E-state index is 11.8. The molecule has 0 bridgehead atoms. The van der Waals surface area contributed by atoms with Crippen molar-refractivity contribution in [1.82, 2.24) is 10.6 Å². The molecule has 94 valence electrons. The summed E-state index contributed by atoms with van der Waals surface area (Å²) in [6, 6.07) is 0.263. The van der Waals surface area contributed by atoms with E-state index < -0.39 is 0 Å². The van der Waals surface area contributed by atoms with Crippen LogP contribution in [0.3, 0.4) is 0 Å². The number of rotatable bonds is 5. The molecule has 0 spiro atoms. The third-order valence-corrected chi connectivity index (χ3v) is 3.60. The lowest BCUT2D eigenvalue weighted by atomic mass is 9.75. The van der Waals surface area contributed by atoms with Crippen LogP contribution in [0.4, 0.5) is 0 Å². The van der Waals surface area contributed by atoms with Gasteiger partial charge in [-0.2, -0.15) is 0 Å². The lowest BCUT2D eigenvalue weighted by molar-refractivity contribution is -0.127. The summed E-state index contributed by atoms with van der Waals surface area (Å²) in [5.41, 5.74) is 0. The standard InChI is InChI=1S/C12H24N2O2/c1-4-9-6-5-7-10(12(15)13-2)11(9)14-8-16-3/h9-11,14H,4-8H2,1-3H3,(H,13,15). The number of hydrogen-bond donors (Lipinski definition) is 2. The van der Waals surface area contributed by atoms with Gasteiger partial charge in [0.25, 0.3) is 0 Å². The molecule has 1 aliphatic carbocycles. The molecular formula is C12H24N2O2. The van der Waals surface area contributed by atoms with E-state index in [1.54, 1.807) is 14.2 Å². The third-order valence-electron chi connectivity index (χ3n) is 3.60. The van der Waals surface area contributed by atoms with Crippen molar-refractivity contribution in [2.75, 3.05) is 20.9 Å². The number of nitrogens with one attached hydrogen (secondary N) is 2. The molecule has 3 unspecified atom stereocenters. The van der Waals surface area contributed by atoms with Gasteiger partial charge in [0.1, 0.15) is 0 Å². The van der Waals surface area contributed by atoms with Crippen molar-refractivity contribution in [3.8, 4) is 0 Å². The molecule has 1 fully saturated rings. The number of hydrogen-bond acceptors (Lipinski definition) is 3. The molecule has 0 aromatic carbocycles. The van der Waals surface area contributed by atoms with Gasteiger partial charge in [0.2, 0.25) is 5.91 Å². The predicted octanol–water partition coefficient (Wildman–Crippen LogP) is 1.12. The first-order valence-corrected chi connectivity index (χ1v) is 6.18. The Morgan fingerprint density at radius 3 is 2.75 bits per heavy atom. The fourth-order valence-corrected chi connectivity index (χ4v) is 2.71. The Hall–Kier alpha value is -0.610. The van der Waals surface area contributed by atoms with Gasteiger partial charge in [-0.25, -0.2) is 0 Å². The Kier molecular flexibility index (Phi) is 5.77. The van der Waals surface area contributed by atoms with Crippen LogP contribution in [0.25, 0.3) is 0 Å². The van der Waals surface area contributed by atoms with Crippen LogP contribution in [0, 0.1) is 11.8 Å². The Labute approximate surface area is 98.1 Å². The molecule has 2 N–H and O–H groups in total. The van der Waals surface area contributed by atoms with Crippen LogP contribution < -0.4 is 10.6 Å². The lowest BCUT2D eigenvalue weighted by Crippen LogP contribution is -2.50. The van der Waals surface area contributed by atoms with Gasteiger partial charge >= 0.3 is 0 Å². The van der Waals surface area contributed by atoms with E-state index in [0.29, 0.717) is 12.6 Å². The summed E-state index contributed by atoms with van der Waals surface area (Å²) < 4.78 is 5.06. The van der Waals surface area contributed by atoms with Gasteiger partial charge in [-0.1, -0.05) is 19.8 Å². The van der Waals surface area contributed by atoms with Crippen molar-refractivity contribution in [2.24, 2.45) is 11.8 Å². The summed E-state index contributed by atoms with van der Waals surface area (Å²) in [7, 11) is 3.39. The summed E-state index contributed by atoms with van der Waals surface area (Å²) >= 11 is 0. The highest BCUT2D eigenvalue weighted by molar-refractivity contribution is 5.79. The van der Waals surface area contributed by atoms with E-state index >= 15 is 0 Å². The van der Waals surface area contributed by atoms with Crippen molar-refractivity contribution in [3.63, 3.8) is 0 Å². The first kappa shape index (κ1) is 13.5. The summed E-state index contributed by atoms with van der Waals surface area (Å²) in [6.07, 6.45) is 4.47. The maximum Gasteiger partial charge on any atom is 0.224 e. The normalized spacial score (nSPS) is 30.1. The first-order chi connectivity index (χ1) is 7.74. The van der Waals surface area contributed by atoms with Gasteiger partial charge in [-0.3, -0.25) is 10.1 Å². The van der Waals surface area contributed by atoms with E-state index in [9.17, 15) is 4.79 Å². The Bertz CT molecular complexity index is 221. The molecule has 1 saturated carbocycles. The van der Waals surface area contributed by atoms with Crippen LogP contribution in [-0.2, 0) is 9.53 Å². The zero-order chi connectivity index (χ0) is 12.0. The number of carbonyl (C=O) groups excluding carboxylic acids is 1. The highest BCUT2D eigenvalue weighted by Gasteiger charge is 2.35. The number of carbonyl (C=O) groups is 1. The molecule has 4 heteroatoms. The van der Waals surface area contributed by atoms with Crippen LogP contribution in [0.5, 0.6) is 0 Å². The molecule has 0 aliphatic heterocycles. The smallest absolute Gasteiger partial charge is 0.224 e. The van der Waals surface area contributed by atoms with E-state index in [-0.39, 0.29) is 17.9 Å². The van der Waals surface area contributed by atoms with Crippen LogP contribution in [0.15, 0.2) is 0 Å². The minimum atomic E-state index is 0.0962. The fraction of sp³-hybridized carbons (Fsp3) is 0.917. The van der Waals surface area contributed by atoms with Gasteiger partial charge in [-0.05, 0) is 18.8 Å². The Morgan fingerprint density at radius 2 is 2.19 bits per heavy atom. The zero-order valence-corrected chi connectivity index (χ0v) is 10.6. The number of amides is 1. The highest BCUT2D eigenvalue weighted by atomic mass is 16.5. The molecule has 0 aromatic heterocycles. The molecule has 1 rings (SSSR count). The van der Waals surface area contributed by atoms with Crippen LogP contribution >= 0.6 is 0 Å². The van der Waals surface area contributed by atoms with Crippen molar-refractivity contribution in [3.05, 3.63) is 0 Å². The Morgan fingerprint density at radius 1 is 1.44 bits per heavy atom. The molecule has 0 saturated heterocycles. The van der Waals surface area contributed by atoms with Crippen LogP contribution in [0.2, 0.25) is 0 Å². The largest absolute Gasteiger partial charge is 0.370 e. The molecule has 0 radical (unpaired) electrons. The van der Waals surface area contributed by atoms with E-state index in [2.05, 4.69) is 17.6 Å². The maximum atomic E-state index is 11.8. The molecule has 3 atom stereocenters. The molecule has 1 amide bonds. The van der Waals surface area contributed by atoms with Crippen molar-refractivity contribution in [2.45, 2.75) is 38.6 Å². The van der Waals surface area contributed by atoms with E-state index in [4.69, 9.17) is 4.74 Å². The summed E-state index contributed by atoms with van der Waals surface area (Å²) in [6.45, 7) is 2.72. The highest BCUT2D eigenvalue weighted by Crippen LogP contribution is 2.31. The third kappa shape index (κ3) is 3.19. The van der Waals surface area contributed by atoms with Gasteiger partial charge in [0, 0.05) is 20.2 Å². The number of ether oxygens (including phenoxy) is 1. The van der Waals surface area contributed by atoms with Gasteiger partial charge in [-0.15, -0.1) is 0 Å². The van der Waals surface area contributed by atoms with Crippen molar-refractivity contribution < 1.29 is 9.53 Å². The molecule has 0 aromatic rings. The van der Waals surface area contributed by atoms with E-state index in [1.807, 2.05) is 0 Å². The quantitative estimate of drug-likeness (QED) is 0.693. The van der Waals surface area contributed by atoms with Crippen molar-refractivity contribution >= 4 is 5.91 Å². The topological polar surface area (TPSA) is 50.4 Å². The summed E-state index contributed by atoms with van der Waals surface area (Å²) in [5, 5.41) is 6.12. The summed E-state index contributed by atoms with van der Waals surface area (Å²) in [4.78, 5) is 11.8. The number of methoxy groups -OCH3 is 1. The second kappa shape index (κ2) is 6.86. The second-order valence-corrected chi connectivity index (χ2v) is 4.48. The van der Waals surface area contributed by atoms with Gasteiger partial charge in [0.15, 0.2) is 0 Å².